The number of aromatic nitrogens is 2. The van der Waals surface area contributed by atoms with Crippen molar-refractivity contribution < 1.29 is 14.0 Å². The van der Waals surface area contributed by atoms with Crippen LogP contribution in [0, 0.1) is 5.82 Å². The van der Waals surface area contributed by atoms with Gasteiger partial charge in [-0.15, -0.1) is 0 Å². The summed E-state index contributed by atoms with van der Waals surface area (Å²) in [6.07, 6.45) is 0. The van der Waals surface area contributed by atoms with E-state index in [0.29, 0.717) is 22.2 Å². The normalized spacial score (nSPS) is 10.8. The molecule has 0 saturated carbocycles. The van der Waals surface area contributed by atoms with E-state index in [9.17, 15) is 18.8 Å². The maximum absolute atomic E-state index is 14.5. The van der Waals surface area contributed by atoms with E-state index >= 15 is 0 Å². The molecule has 1 aromatic heterocycles. The molecule has 160 valence electrons. The second-order valence-electron chi connectivity index (χ2n) is 6.97. The second kappa shape index (κ2) is 9.15. The zero-order chi connectivity index (χ0) is 22.7. The summed E-state index contributed by atoms with van der Waals surface area (Å²) < 4.78 is 15.7. The number of nitrogens with one attached hydrogen (secondary N) is 1. The van der Waals surface area contributed by atoms with Gasteiger partial charge in [0.15, 0.2) is 10.9 Å². The highest BCUT2D eigenvalue weighted by Gasteiger charge is 2.17. The van der Waals surface area contributed by atoms with Crippen molar-refractivity contribution in [2.24, 2.45) is 0 Å². The highest BCUT2D eigenvalue weighted by atomic mass is 32.2. The van der Waals surface area contributed by atoms with Crippen molar-refractivity contribution in [2.45, 2.75) is 12.1 Å². The number of amides is 1. The number of halogens is 1. The van der Waals surface area contributed by atoms with Crippen LogP contribution in [0.4, 0.5) is 10.1 Å². The van der Waals surface area contributed by atoms with Crippen LogP contribution in [0.2, 0.25) is 0 Å². The van der Waals surface area contributed by atoms with E-state index in [2.05, 4.69) is 10.3 Å². The van der Waals surface area contributed by atoms with Crippen molar-refractivity contribution in [1.82, 2.24) is 9.55 Å². The fourth-order valence-electron chi connectivity index (χ4n) is 3.21. The van der Waals surface area contributed by atoms with Gasteiger partial charge in [0, 0.05) is 18.2 Å². The average Bonchev–Trinajstić information content (AvgIpc) is 2.78. The lowest BCUT2D eigenvalue weighted by molar-refractivity contribution is -0.114. The number of anilines is 1. The Morgan fingerprint density at radius 1 is 1.00 bits per heavy atom. The Labute approximate surface area is 187 Å². The molecule has 0 aliphatic carbocycles. The standard InChI is InChI=1S/C24H18FN3O3S/c1-15(29)26-17-12-10-16(11-13-17)22(30)14-32-24-27-20-8-4-2-6-18(20)23(31)28(24)21-9-5-3-7-19(21)25/h2-13H,14H2,1H3,(H,26,29). The first-order valence-electron chi connectivity index (χ1n) is 9.74. The smallest absolute Gasteiger partial charge is 0.266 e. The number of ketones is 1. The Morgan fingerprint density at radius 3 is 2.41 bits per heavy atom. The highest BCUT2D eigenvalue weighted by Crippen LogP contribution is 2.24. The van der Waals surface area contributed by atoms with Crippen LogP contribution >= 0.6 is 11.8 Å². The Morgan fingerprint density at radius 2 is 1.69 bits per heavy atom. The Bertz CT molecular complexity index is 1380. The van der Waals surface area contributed by atoms with Crippen LogP contribution in [0.15, 0.2) is 82.7 Å². The van der Waals surface area contributed by atoms with Crippen molar-refractivity contribution in [1.29, 1.82) is 0 Å². The summed E-state index contributed by atoms with van der Waals surface area (Å²) in [5.41, 5.74) is 1.18. The van der Waals surface area contributed by atoms with Gasteiger partial charge in [0.25, 0.3) is 5.56 Å². The molecule has 0 aliphatic rings. The van der Waals surface area contributed by atoms with E-state index in [1.807, 2.05) is 0 Å². The number of para-hydroxylation sites is 2. The van der Waals surface area contributed by atoms with Gasteiger partial charge in [0.1, 0.15) is 5.82 Å². The van der Waals surface area contributed by atoms with Crippen molar-refractivity contribution in [3.8, 4) is 5.69 Å². The summed E-state index contributed by atoms with van der Waals surface area (Å²) in [4.78, 5) is 41.6. The first kappa shape index (κ1) is 21.5. The Balaban J connectivity index is 1.67. The second-order valence-corrected chi connectivity index (χ2v) is 7.92. The molecule has 0 unspecified atom stereocenters. The number of carbonyl (C=O) groups excluding carboxylic acids is 2. The summed E-state index contributed by atoms with van der Waals surface area (Å²) >= 11 is 1.06. The third-order valence-electron chi connectivity index (χ3n) is 4.70. The van der Waals surface area contributed by atoms with Gasteiger partial charge in [0.05, 0.1) is 22.3 Å². The fourth-order valence-corrected chi connectivity index (χ4v) is 4.11. The number of benzene rings is 3. The molecule has 0 radical (unpaired) electrons. The molecule has 8 heteroatoms. The average molecular weight is 447 g/mol. The monoisotopic (exact) mass is 447 g/mol. The lowest BCUT2D eigenvalue weighted by Gasteiger charge is -2.13. The molecule has 1 heterocycles. The van der Waals surface area contributed by atoms with E-state index in [1.165, 1.54) is 23.6 Å². The molecular weight excluding hydrogens is 429 g/mol. The van der Waals surface area contributed by atoms with E-state index < -0.39 is 11.4 Å². The molecule has 0 fully saturated rings. The quantitative estimate of drug-likeness (QED) is 0.268. The third kappa shape index (κ3) is 4.45. The van der Waals surface area contributed by atoms with E-state index in [1.54, 1.807) is 60.7 Å². The SMILES string of the molecule is CC(=O)Nc1ccc(C(=O)CSc2nc3ccccc3c(=O)n2-c2ccccc2F)cc1. The molecular formula is C24H18FN3O3S. The molecule has 0 saturated heterocycles. The molecule has 6 nitrogen and oxygen atoms in total. The van der Waals surface area contributed by atoms with Crippen molar-refractivity contribution >= 4 is 40.0 Å². The Kier molecular flexibility index (Phi) is 6.13. The first-order valence-corrected chi connectivity index (χ1v) is 10.7. The Hall–Kier alpha value is -3.78. The zero-order valence-corrected chi connectivity index (χ0v) is 17.9. The number of hydrogen-bond acceptors (Lipinski definition) is 5. The van der Waals surface area contributed by atoms with Gasteiger partial charge in [-0.25, -0.2) is 9.37 Å². The van der Waals surface area contributed by atoms with Crippen LogP contribution in [-0.4, -0.2) is 27.0 Å². The van der Waals surface area contributed by atoms with Gasteiger partial charge in [-0.2, -0.15) is 0 Å². The van der Waals surface area contributed by atoms with E-state index in [0.717, 1.165) is 11.8 Å². The number of thioether (sulfide) groups is 1. The minimum absolute atomic E-state index is 0.00127. The van der Waals surface area contributed by atoms with Crippen LogP contribution in [0.25, 0.3) is 16.6 Å². The number of rotatable bonds is 6. The minimum atomic E-state index is -0.562. The van der Waals surface area contributed by atoms with Crippen LogP contribution in [0.5, 0.6) is 0 Å². The van der Waals surface area contributed by atoms with Crippen LogP contribution in [0.3, 0.4) is 0 Å². The van der Waals surface area contributed by atoms with Crippen LogP contribution in [0.1, 0.15) is 17.3 Å². The van der Waals surface area contributed by atoms with Crippen molar-refractivity contribution in [3.05, 3.63) is 94.5 Å². The molecule has 0 bridgehead atoms. The first-order chi connectivity index (χ1) is 15.4. The topological polar surface area (TPSA) is 81.1 Å². The summed E-state index contributed by atoms with van der Waals surface area (Å²) in [6.45, 7) is 1.40. The van der Waals surface area contributed by atoms with Gasteiger partial charge in [-0.3, -0.25) is 19.0 Å². The predicted molar refractivity (Wildman–Crippen MR) is 123 cm³/mol. The highest BCUT2D eigenvalue weighted by molar-refractivity contribution is 7.99. The summed E-state index contributed by atoms with van der Waals surface area (Å²) in [5.74, 6) is -0.952. The zero-order valence-electron chi connectivity index (χ0n) is 17.0. The van der Waals surface area contributed by atoms with Crippen LogP contribution < -0.4 is 10.9 Å². The van der Waals surface area contributed by atoms with E-state index in [-0.39, 0.29) is 28.3 Å². The third-order valence-corrected chi connectivity index (χ3v) is 5.64. The molecule has 0 aliphatic heterocycles. The lowest BCUT2D eigenvalue weighted by atomic mass is 10.1. The maximum Gasteiger partial charge on any atom is 0.266 e. The summed E-state index contributed by atoms with van der Waals surface area (Å²) in [5, 5.41) is 3.23. The molecule has 1 amide bonds. The number of carbonyl (C=O) groups is 2. The van der Waals surface area contributed by atoms with Gasteiger partial charge in [-0.05, 0) is 48.5 Å². The van der Waals surface area contributed by atoms with Crippen molar-refractivity contribution in [3.63, 3.8) is 0 Å². The molecule has 0 atom stereocenters. The molecule has 32 heavy (non-hydrogen) atoms. The molecule has 4 aromatic rings. The predicted octanol–water partition coefficient (Wildman–Crippen LogP) is 4.46. The largest absolute Gasteiger partial charge is 0.326 e. The lowest BCUT2D eigenvalue weighted by Crippen LogP contribution is -2.23. The number of hydrogen-bond donors (Lipinski definition) is 1. The van der Waals surface area contributed by atoms with Gasteiger partial charge in [0.2, 0.25) is 5.91 Å². The number of Topliss-reactive ketones (excluding diaryl/α,β-unsaturated/α-hetero) is 1. The molecule has 1 N–H and O–H groups in total. The molecule has 0 spiro atoms. The van der Waals surface area contributed by atoms with Gasteiger partial charge >= 0.3 is 0 Å². The summed E-state index contributed by atoms with van der Waals surface area (Å²) in [6, 6.07) is 19.3. The number of fused-ring (bicyclic) bond motifs is 1. The number of nitrogens with zero attached hydrogens (tertiary/aromatic N) is 2. The van der Waals surface area contributed by atoms with Crippen LogP contribution in [-0.2, 0) is 4.79 Å². The maximum atomic E-state index is 14.5. The minimum Gasteiger partial charge on any atom is -0.326 e. The van der Waals surface area contributed by atoms with Gasteiger partial charge < -0.3 is 5.32 Å². The van der Waals surface area contributed by atoms with E-state index in [4.69, 9.17) is 0 Å². The molecule has 4 rings (SSSR count). The van der Waals surface area contributed by atoms with Gasteiger partial charge in [-0.1, -0.05) is 36.0 Å². The fraction of sp³-hybridized carbons (Fsp3) is 0.0833. The van der Waals surface area contributed by atoms with Crippen molar-refractivity contribution in [2.75, 3.05) is 11.1 Å². The summed E-state index contributed by atoms with van der Waals surface area (Å²) in [7, 11) is 0. The molecule has 3 aromatic carbocycles.